The second-order valence-electron chi connectivity index (χ2n) is 16.0. The van der Waals surface area contributed by atoms with Crippen LogP contribution in [0, 0.1) is 23.7 Å². The maximum Gasteiger partial charge on any atom is 0.262 e. The molecule has 7 nitrogen and oxygen atoms in total. The van der Waals surface area contributed by atoms with Crippen LogP contribution in [0.1, 0.15) is 106 Å². The van der Waals surface area contributed by atoms with Crippen LogP contribution in [-0.2, 0) is 22.8 Å². The number of hydrogen-bond donors (Lipinski definition) is 2. The first-order chi connectivity index (χ1) is 24.0. The standard InChI is InChI=1S/C33H45ClN2O4S.C8H17N/c1-22-6-4-8-31(37)29-15-11-26(29)19-36(3)20-33(17-5-7-25-18-27(34)12-16-30(25)33)21-40-28-13-9-24(10-14-28)32(38)35-41(39)23(22)2;1-3-8-5-4-6-9(2)7-8/h9-10,12-14,16,18,22-23,26,29,31,37H,4-8,11,15,17,19-21H2,1-3H3,(H,35,38);8H,3-7H2,1-2H3/t22?,23?,26?,29?,31?,33-,41?;/m0./s1. The summed E-state index contributed by atoms with van der Waals surface area (Å²) in [5, 5.41) is 11.7. The van der Waals surface area contributed by atoms with Crippen molar-refractivity contribution >= 4 is 28.5 Å². The van der Waals surface area contributed by atoms with Gasteiger partial charge in [0.2, 0.25) is 0 Å². The Balaban J connectivity index is 0.000000470. The fourth-order valence-corrected chi connectivity index (χ4v) is 10.0. The van der Waals surface area contributed by atoms with Crippen LogP contribution in [0.2, 0.25) is 5.02 Å². The van der Waals surface area contributed by atoms with Crippen molar-refractivity contribution in [3.05, 3.63) is 64.2 Å². The summed E-state index contributed by atoms with van der Waals surface area (Å²) >= 11 is 6.40. The van der Waals surface area contributed by atoms with E-state index in [0.717, 1.165) is 75.4 Å². The fourth-order valence-electron chi connectivity index (χ4n) is 8.79. The molecule has 278 valence electrons. The molecular weight excluding hydrogens is 666 g/mol. The molecule has 2 aromatic carbocycles. The molecule has 2 aromatic rings. The van der Waals surface area contributed by atoms with Crippen LogP contribution in [0.15, 0.2) is 42.5 Å². The van der Waals surface area contributed by atoms with Gasteiger partial charge < -0.3 is 19.6 Å². The minimum atomic E-state index is -1.49. The number of rotatable bonds is 1. The normalized spacial score (nSPS) is 33.3. The monoisotopic (exact) mass is 727 g/mol. The molecule has 1 amide bonds. The highest BCUT2D eigenvalue weighted by Gasteiger charge is 2.41. The van der Waals surface area contributed by atoms with Crippen molar-refractivity contribution in [2.45, 2.75) is 108 Å². The molecule has 2 N–H and O–H groups in total. The van der Waals surface area contributed by atoms with Gasteiger partial charge in [-0.2, -0.15) is 0 Å². The minimum absolute atomic E-state index is 0.168. The average Bonchev–Trinajstić information content (AvgIpc) is 3.09. The van der Waals surface area contributed by atoms with Crippen molar-refractivity contribution in [1.82, 2.24) is 14.5 Å². The molecule has 9 heteroatoms. The van der Waals surface area contributed by atoms with E-state index in [9.17, 15) is 14.1 Å². The van der Waals surface area contributed by atoms with E-state index in [4.69, 9.17) is 16.3 Å². The molecule has 5 aliphatic rings. The van der Waals surface area contributed by atoms with E-state index in [-0.39, 0.29) is 28.6 Å². The first-order valence-electron chi connectivity index (χ1n) is 19.3. The van der Waals surface area contributed by atoms with Crippen LogP contribution in [0.5, 0.6) is 5.75 Å². The number of ether oxygens (including phenoxy) is 1. The van der Waals surface area contributed by atoms with Gasteiger partial charge in [-0.05, 0) is 157 Å². The Morgan fingerprint density at radius 2 is 1.76 bits per heavy atom. The van der Waals surface area contributed by atoms with E-state index in [1.807, 2.05) is 25.1 Å². The number of nitrogens with one attached hydrogen (secondary N) is 1. The number of aliphatic hydroxyl groups is 1. The highest BCUT2D eigenvalue weighted by atomic mass is 35.5. The summed E-state index contributed by atoms with van der Waals surface area (Å²) in [5.74, 6) is 2.34. The predicted octanol–water partition coefficient (Wildman–Crippen LogP) is 7.65. The third-order valence-electron chi connectivity index (χ3n) is 12.3. The molecule has 50 heavy (non-hydrogen) atoms. The third-order valence-corrected chi connectivity index (χ3v) is 14.0. The maximum atomic E-state index is 12.9. The topological polar surface area (TPSA) is 82.1 Å². The van der Waals surface area contributed by atoms with E-state index in [0.29, 0.717) is 29.8 Å². The van der Waals surface area contributed by atoms with Crippen LogP contribution >= 0.6 is 11.6 Å². The third kappa shape index (κ3) is 10.1. The molecule has 0 radical (unpaired) electrons. The number of aliphatic hydroxyl groups excluding tert-OH is 1. The highest BCUT2D eigenvalue weighted by molar-refractivity contribution is 7.84. The van der Waals surface area contributed by atoms with Gasteiger partial charge in [-0.3, -0.25) is 9.52 Å². The molecule has 7 unspecified atom stereocenters. The number of likely N-dealkylation sites (N-methyl/N-ethyl adjacent to an activating group) is 1. The number of halogens is 1. The smallest absolute Gasteiger partial charge is 0.262 e. The summed E-state index contributed by atoms with van der Waals surface area (Å²) in [6, 6.07) is 13.4. The number of aryl methyl sites for hydroxylation is 1. The molecular formula is C41H62ClN3O4S. The SMILES string of the molecule is CC1CCCC(O)C2CCC2CN(C)C[C@@]2(CCCc3cc(Cl)ccc32)COc2ccc(cc2)C(=O)NS(=O)C1C.CCC1CCCN(C)C1. The fraction of sp³-hybridized carbons (Fsp3) is 0.683. The summed E-state index contributed by atoms with van der Waals surface area (Å²) in [4.78, 5) is 17.8. The molecule has 0 aromatic heterocycles. The van der Waals surface area contributed by atoms with E-state index >= 15 is 0 Å². The van der Waals surface area contributed by atoms with Crippen molar-refractivity contribution in [2.24, 2.45) is 23.7 Å². The molecule has 2 aliphatic carbocycles. The minimum Gasteiger partial charge on any atom is -0.493 e. The Labute approximate surface area is 309 Å². The Kier molecular flexibility index (Phi) is 14.3. The summed E-state index contributed by atoms with van der Waals surface area (Å²) in [6.07, 6.45) is 11.8. The lowest BCUT2D eigenvalue weighted by atomic mass is 9.68. The predicted molar refractivity (Wildman–Crippen MR) is 206 cm³/mol. The number of carbonyl (C=O) groups is 1. The lowest BCUT2D eigenvalue weighted by Crippen LogP contribution is -2.49. The van der Waals surface area contributed by atoms with Crippen molar-refractivity contribution in [3.63, 3.8) is 0 Å². The Morgan fingerprint density at radius 3 is 2.44 bits per heavy atom. The van der Waals surface area contributed by atoms with Gasteiger partial charge in [0.25, 0.3) is 5.91 Å². The van der Waals surface area contributed by atoms with Crippen molar-refractivity contribution < 1.29 is 18.8 Å². The lowest BCUT2D eigenvalue weighted by Gasteiger charge is -2.45. The summed E-state index contributed by atoms with van der Waals surface area (Å²) in [5.41, 5.74) is 2.88. The Morgan fingerprint density at radius 1 is 0.980 bits per heavy atom. The summed E-state index contributed by atoms with van der Waals surface area (Å²) in [7, 11) is 2.94. The zero-order valence-electron chi connectivity index (χ0n) is 31.2. The van der Waals surface area contributed by atoms with Gasteiger partial charge in [0.1, 0.15) is 16.7 Å². The zero-order chi connectivity index (χ0) is 35.8. The second kappa shape index (κ2) is 18.2. The number of fused-ring (bicyclic) bond motifs is 14. The quantitative estimate of drug-likeness (QED) is 0.314. The molecule has 2 fully saturated rings. The molecule has 3 aliphatic heterocycles. The van der Waals surface area contributed by atoms with Gasteiger partial charge in [0.05, 0.1) is 18.0 Å². The maximum absolute atomic E-state index is 12.9. The second-order valence-corrected chi connectivity index (χ2v) is 18.0. The molecule has 3 heterocycles. The average molecular weight is 728 g/mol. The van der Waals surface area contributed by atoms with E-state index in [1.165, 1.54) is 43.5 Å². The van der Waals surface area contributed by atoms with Crippen LogP contribution in [-0.4, -0.2) is 83.3 Å². The van der Waals surface area contributed by atoms with E-state index in [2.05, 4.69) is 54.6 Å². The molecule has 1 saturated heterocycles. The van der Waals surface area contributed by atoms with Gasteiger partial charge in [0.15, 0.2) is 0 Å². The summed E-state index contributed by atoms with van der Waals surface area (Å²) < 4.78 is 22.1. The number of carbonyl (C=O) groups excluding carboxylic acids is 1. The molecule has 2 bridgehead atoms. The lowest BCUT2D eigenvalue weighted by molar-refractivity contribution is -0.00951. The van der Waals surface area contributed by atoms with Gasteiger partial charge in [-0.15, -0.1) is 0 Å². The number of benzene rings is 2. The van der Waals surface area contributed by atoms with Crippen LogP contribution in [0.25, 0.3) is 0 Å². The number of amides is 1. The molecule has 7 rings (SSSR count). The van der Waals surface area contributed by atoms with Gasteiger partial charge >= 0.3 is 0 Å². The molecule has 1 saturated carbocycles. The summed E-state index contributed by atoms with van der Waals surface area (Å²) in [6.45, 7) is 11.3. The number of hydrogen-bond acceptors (Lipinski definition) is 6. The first-order valence-corrected chi connectivity index (χ1v) is 20.9. The van der Waals surface area contributed by atoms with Crippen molar-refractivity contribution in [1.29, 1.82) is 0 Å². The highest BCUT2D eigenvalue weighted by Crippen LogP contribution is 2.42. The van der Waals surface area contributed by atoms with Crippen LogP contribution in [0.3, 0.4) is 0 Å². The number of piperidine rings is 1. The van der Waals surface area contributed by atoms with Crippen LogP contribution < -0.4 is 9.46 Å². The first kappa shape index (κ1) is 39.2. The van der Waals surface area contributed by atoms with Crippen LogP contribution in [0.4, 0.5) is 0 Å². The number of likely N-dealkylation sites (tertiary alicyclic amines) is 1. The van der Waals surface area contributed by atoms with Crippen molar-refractivity contribution in [3.8, 4) is 5.75 Å². The largest absolute Gasteiger partial charge is 0.493 e. The van der Waals surface area contributed by atoms with E-state index in [1.54, 1.807) is 12.1 Å². The van der Waals surface area contributed by atoms with Gasteiger partial charge in [0, 0.05) is 35.6 Å². The Hall–Kier alpha value is -1.97. The molecule has 1 spiro atoms. The zero-order valence-corrected chi connectivity index (χ0v) is 32.7. The van der Waals surface area contributed by atoms with E-state index < -0.39 is 11.0 Å². The number of nitrogens with zero attached hydrogens (tertiary/aromatic N) is 2. The van der Waals surface area contributed by atoms with Gasteiger partial charge in [-0.1, -0.05) is 44.4 Å². The van der Waals surface area contributed by atoms with Crippen molar-refractivity contribution in [2.75, 3.05) is 46.9 Å². The Bertz CT molecular complexity index is 1430. The van der Waals surface area contributed by atoms with Gasteiger partial charge in [-0.25, -0.2) is 4.21 Å². The molecule has 8 atom stereocenters.